The molecule has 0 spiro atoms. The summed E-state index contributed by atoms with van der Waals surface area (Å²) >= 11 is 0. The third-order valence-electron chi connectivity index (χ3n) is 13.1. The van der Waals surface area contributed by atoms with E-state index < -0.39 is 5.89 Å². The van der Waals surface area contributed by atoms with Crippen LogP contribution in [-0.4, -0.2) is 19.6 Å². The molecule has 67 heavy (non-hydrogen) atoms. The van der Waals surface area contributed by atoms with Crippen molar-refractivity contribution in [2.45, 2.75) is 98.3 Å². The van der Waals surface area contributed by atoms with Crippen molar-refractivity contribution in [3.63, 3.8) is 0 Å². The van der Waals surface area contributed by atoms with E-state index in [-0.39, 0.29) is 22.0 Å². The molecule has 4 nitrogen and oxygen atoms in total. The predicted molar refractivity (Wildman–Crippen MR) is 283 cm³/mol. The summed E-state index contributed by atoms with van der Waals surface area (Å²) in [6, 6.07) is 58.0. The van der Waals surface area contributed by atoms with Gasteiger partial charge >= 0.3 is 0 Å². The zero-order valence-corrected chi connectivity index (χ0v) is 41.0. The van der Waals surface area contributed by atoms with Crippen LogP contribution in [0, 0.1) is 0 Å². The van der Waals surface area contributed by atoms with E-state index in [9.17, 15) is 5.11 Å². The first-order chi connectivity index (χ1) is 32.1. The summed E-state index contributed by atoms with van der Waals surface area (Å²) in [5, 5.41) is 12.6. The molecule has 336 valence electrons. The molecule has 0 aliphatic heterocycles. The minimum absolute atomic E-state index is 0.0874. The second kappa shape index (κ2) is 17.3. The Morgan fingerprint density at radius 3 is 1.75 bits per heavy atom. The summed E-state index contributed by atoms with van der Waals surface area (Å²) in [5.41, 5.74) is 17.3. The molecule has 7 aromatic carbocycles. The van der Waals surface area contributed by atoms with Gasteiger partial charge in [-0.05, 0) is 127 Å². The van der Waals surface area contributed by atoms with Crippen LogP contribution in [0.2, 0.25) is 0 Å². The maximum Gasteiger partial charge on any atom is 0.149 e. The zero-order valence-electron chi connectivity index (χ0n) is 42.0. The van der Waals surface area contributed by atoms with Crippen LogP contribution in [0.15, 0.2) is 170 Å². The fraction of sp³-hybridized carbons (Fsp3) is 0.238. The quantitative estimate of drug-likeness (QED) is 0.165. The highest BCUT2D eigenvalue weighted by Crippen LogP contribution is 2.46. The normalized spacial score (nSPS) is 12.7. The van der Waals surface area contributed by atoms with Crippen LogP contribution in [0.3, 0.4) is 0 Å². The Bertz CT molecular complexity index is 3300. The van der Waals surface area contributed by atoms with Crippen LogP contribution in [0.4, 0.5) is 0 Å². The first kappa shape index (κ1) is 43.8. The Kier molecular flexibility index (Phi) is 11.3. The molecule has 0 aliphatic rings. The number of phenolic OH excluding ortho intramolecular Hbond substituents is 1. The molecular weight excluding hydrogens is 815 g/mol. The Hall–Kier alpha value is -7.04. The highest BCUT2D eigenvalue weighted by atomic mass is 16.3. The largest absolute Gasteiger partial charge is 0.507 e. The average Bonchev–Trinajstić information content (AvgIpc) is 3.70. The summed E-state index contributed by atoms with van der Waals surface area (Å²) in [5.74, 6) is 0.243. The van der Waals surface area contributed by atoms with Crippen LogP contribution in [0.1, 0.15) is 106 Å². The topological polar surface area (TPSA) is 50.9 Å². The van der Waals surface area contributed by atoms with E-state index in [0.29, 0.717) is 11.4 Å². The first-order valence-corrected chi connectivity index (χ1v) is 23.5. The number of hydrogen-bond acceptors (Lipinski definition) is 3. The maximum atomic E-state index is 12.6. The van der Waals surface area contributed by atoms with Gasteiger partial charge in [-0.2, -0.15) is 0 Å². The summed E-state index contributed by atoms with van der Waals surface area (Å²) in [7, 11) is 0. The molecular formula is C63H63N3O. The second-order valence-electron chi connectivity index (χ2n) is 21.4. The molecule has 0 bridgehead atoms. The predicted octanol–water partition coefficient (Wildman–Crippen LogP) is 17.1. The van der Waals surface area contributed by atoms with Gasteiger partial charge in [0.25, 0.3) is 0 Å². The molecule has 0 saturated carbocycles. The number of nitrogens with zero attached hydrogens (tertiary/aromatic N) is 3. The Labute approximate surface area is 399 Å². The van der Waals surface area contributed by atoms with Gasteiger partial charge in [0.15, 0.2) is 0 Å². The van der Waals surface area contributed by atoms with Gasteiger partial charge in [0.05, 0.1) is 28.0 Å². The Balaban J connectivity index is 1.34. The first-order valence-electron chi connectivity index (χ1n) is 24.0. The van der Waals surface area contributed by atoms with Crippen LogP contribution < -0.4 is 0 Å². The van der Waals surface area contributed by atoms with Gasteiger partial charge < -0.3 is 5.11 Å². The molecule has 0 saturated heterocycles. The number of aromatic nitrogens is 3. The molecule has 0 radical (unpaired) electrons. The number of rotatable bonds is 8. The number of benzene rings is 7. The number of pyridine rings is 1. The number of aromatic hydroxyl groups is 1. The third kappa shape index (κ3) is 8.98. The van der Waals surface area contributed by atoms with Gasteiger partial charge in [0, 0.05) is 29.8 Å². The summed E-state index contributed by atoms with van der Waals surface area (Å²) in [4.78, 5) is 10.7. The molecule has 9 aromatic rings. The van der Waals surface area contributed by atoms with Crippen molar-refractivity contribution in [3.8, 4) is 78.6 Å². The van der Waals surface area contributed by atoms with Crippen molar-refractivity contribution in [1.29, 1.82) is 0 Å². The van der Waals surface area contributed by atoms with Crippen molar-refractivity contribution in [2.75, 3.05) is 0 Å². The SMILES string of the molecule is [2H]C(C)(C)c1ccc(-c2ccnc(-c3cc(-c4ccccc4)cc(-c4cccc5c4nc(-c4cc(C(C)(C)C)cc(C(C)(C)C)c4O)n5-c4ccc(C(C)(C)C)cc4-c4ccccc4)c3)c2)cc1. The summed E-state index contributed by atoms with van der Waals surface area (Å²) in [6.07, 6.45) is 1.88. The van der Waals surface area contributed by atoms with Gasteiger partial charge in [0.1, 0.15) is 11.6 Å². The van der Waals surface area contributed by atoms with E-state index in [0.717, 1.165) is 89.2 Å². The van der Waals surface area contributed by atoms with Gasteiger partial charge in [-0.3, -0.25) is 9.55 Å². The number of hydrogen-bond donors (Lipinski definition) is 1. The molecule has 0 atom stereocenters. The molecule has 2 heterocycles. The molecule has 9 rings (SSSR count). The summed E-state index contributed by atoms with van der Waals surface area (Å²) < 4.78 is 10.8. The minimum atomic E-state index is -0.678. The lowest BCUT2D eigenvalue weighted by molar-refractivity contribution is 0.446. The molecule has 1 N–H and O–H groups in total. The monoisotopic (exact) mass is 879 g/mol. The highest BCUT2D eigenvalue weighted by molar-refractivity contribution is 5.98. The van der Waals surface area contributed by atoms with Crippen LogP contribution in [0.25, 0.3) is 83.9 Å². The summed E-state index contributed by atoms with van der Waals surface area (Å²) in [6.45, 7) is 23.8. The van der Waals surface area contributed by atoms with Crippen molar-refractivity contribution < 1.29 is 6.48 Å². The van der Waals surface area contributed by atoms with E-state index in [1.807, 2.05) is 32.2 Å². The van der Waals surface area contributed by atoms with E-state index in [1.54, 1.807) is 0 Å². The van der Waals surface area contributed by atoms with E-state index in [2.05, 4.69) is 219 Å². The molecule has 4 heteroatoms. The highest BCUT2D eigenvalue weighted by Gasteiger charge is 2.30. The van der Waals surface area contributed by atoms with Crippen molar-refractivity contribution in [1.82, 2.24) is 14.5 Å². The maximum absolute atomic E-state index is 12.6. The minimum Gasteiger partial charge on any atom is -0.507 e. The van der Waals surface area contributed by atoms with E-state index in [4.69, 9.17) is 11.3 Å². The molecule has 0 amide bonds. The van der Waals surface area contributed by atoms with Crippen LogP contribution in [-0.2, 0) is 16.2 Å². The van der Waals surface area contributed by atoms with Crippen LogP contribution >= 0.6 is 0 Å². The zero-order chi connectivity index (χ0) is 48.3. The fourth-order valence-corrected chi connectivity index (χ4v) is 9.11. The standard InChI is InChI=1S/C63H63N3O/c1-40(2)41-25-27-43(28-26-41)45-31-32-64-55(36-45)48-34-46(42-19-14-12-15-20-42)33-47(35-48)51-23-18-24-57-58(51)65-60(53-38-50(62(6,7)8)39-54(59(53)67)63(9,10)11)66(57)56-30-29-49(61(3,4)5)37-52(56)44-21-16-13-17-22-44/h12-40,67H,1-11H3/i40D. The number of fused-ring (bicyclic) bond motifs is 1. The van der Waals surface area contributed by atoms with Crippen LogP contribution in [0.5, 0.6) is 5.75 Å². The fourth-order valence-electron chi connectivity index (χ4n) is 9.11. The van der Waals surface area contributed by atoms with Gasteiger partial charge in [-0.15, -0.1) is 0 Å². The third-order valence-corrected chi connectivity index (χ3v) is 13.1. The number of phenols is 1. The van der Waals surface area contributed by atoms with Crippen molar-refractivity contribution in [3.05, 3.63) is 192 Å². The van der Waals surface area contributed by atoms with E-state index in [1.165, 1.54) is 5.56 Å². The van der Waals surface area contributed by atoms with Crippen molar-refractivity contribution in [2.24, 2.45) is 0 Å². The second-order valence-corrected chi connectivity index (χ2v) is 21.4. The Morgan fingerprint density at radius 2 is 1.10 bits per heavy atom. The van der Waals surface area contributed by atoms with E-state index >= 15 is 0 Å². The Morgan fingerprint density at radius 1 is 0.493 bits per heavy atom. The lowest BCUT2D eigenvalue weighted by atomic mass is 9.79. The van der Waals surface area contributed by atoms with Gasteiger partial charge in [-0.1, -0.05) is 185 Å². The van der Waals surface area contributed by atoms with Gasteiger partial charge in [0.2, 0.25) is 0 Å². The molecule has 0 aliphatic carbocycles. The molecule has 0 unspecified atom stereocenters. The lowest BCUT2D eigenvalue weighted by Gasteiger charge is -2.28. The average molecular weight is 879 g/mol. The van der Waals surface area contributed by atoms with Gasteiger partial charge in [-0.25, -0.2) is 4.98 Å². The lowest BCUT2D eigenvalue weighted by Crippen LogP contribution is -2.17. The van der Waals surface area contributed by atoms with Crippen molar-refractivity contribution >= 4 is 11.0 Å². The molecule has 0 fully saturated rings. The smallest absolute Gasteiger partial charge is 0.149 e. The molecule has 2 aromatic heterocycles. The number of para-hydroxylation sites is 1. The number of imidazole rings is 1.